The maximum absolute atomic E-state index is 12.2. The highest BCUT2D eigenvalue weighted by Crippen LogP contribution is 2.49. The topological polar surface area (TPSA) is 23.6 Å². The van der Waals surface area contributed by atoms with Crippen molar-refractivity contribution in [1.29, 1.82) is 0 Å². The van der Waals surface area contributed by atoms with Gasteiger partial charge in [0.15, 0.2) is 0 Å². The van der Waals surface area contributed by atoms with Crippen molar-refractivity contribution in [2.24, 2.45) is 0 Å². The van der Waals surface area contributed by atoms with Crippen LogP contribution in [0.2, 0.25) is 0 Å². The molecule has 0 aromatic heterocycles. The largest absolute Gasteiger partial charge is 0.372 e. The molecule has 0 spiro atoms. The Hall–Kier alpha value is -1.94. The first-order chi connectivity index (χ1) is 10.7. The highest BCUT2D eigenvalue weighted by Gasteiger charge is 2.26. The molecule has 2 aromatic carbocycles. The van der Waals surface area contributed by atoms with Gasteiger partial charge in [-0.2, -0.15) is 0 Å². The Kier molecular flexibility index (Phi) is 4.12. The van der Waals surface area contributed by atoms with E-state index in [2.05, 4.69) is 43.0 Å². The fraction of sp³-hybridized carbons (Fsp3) is 0.278. The molecule has 1 aliphatic rings. The lowest BCUT2D eigenvalue weighted by molar-refractivity contribution is -0.115. The second-order valence-electron chi connectivity index (χ2n) is 5.25. The quantitative estimate of drug-likeness (QED) is 0.822. The highest BCUT2D eigenvalue weighted by molar-refractivity contribution is 7.99. The molecular weight excluding hydrogens is 292 g/mol. The van der Waals surface area contributed by atoms with Crippen LogP contribution in [-0.4, -0.2) is 19.0 Å². The third-order valence-electron chi connectivity index (χ3n) is 3.95. The first-order valence-electron chi connectivity index (χ1n) is 7.62. The van der Waals surface area contributed by atoms with E-state index in [4.69, 9.17) is 0 Å². The number of anilines is 3. The van der Waals surface area contributed by atoms with Crippen molar-refractivity contribution in [1.82, 2.24) is 0 Å². The van der Waals surface area contributed by atoms with E-state index in [-0.39, 0.29) is 5.91 Å². The smallest absolute Gasteiger partial charge is 0.228 e. The van der Waals surface area contributed by atoms with Crippen LogP contribution >= 0.6 is 11.8 Å². The van der Waals surface area contributed by atoms with Crippen LogP contribution in [0.3, 0.4) is 0 Å². The zero-order valence-corrected chi connectivity index (χ0v) is 14.0. The van der Waals surface area contributed by atoms with E-state index in [1.54, 1.807) is 18.7 Å². The molecule has 2 aromatic rings. The number of fused-ring (bicyclic) bond motifs is 2. The summed E-state index contributed by atoms with van der Waals surface area (Å²) in [5.41, 5.74) is 3.16. The standard InChI is InChI=1S/C18H20N2OS/c1-4-19(5-2)14-10-11-16-18(12-14)22-17-9-7-6-8-15(17)20(16)13(3)21/h6-12H,4-5H2,1-3H3. The van der Waals surface area contributed by atoms with E-state index in [0.717, 1.165) is 34.3 Å². The van der Waals surface area contributed by atoms with Gasteiger partial charge in [0.2, 0.25) is 5.91 Å². The number of nitrogens with zero attached hydrogens (tertiary/aromatic N) is 2. The summed E-state index contributed by atoms with van der Waals surface area (Å²) in [6, 6.07) is 14.4. The summed E-state index contributed by atoms with van der Waals surface area (Å²) in [6.45, 7) is 7.90. The van der Waals surface area contributed by atoms with Gasteiger partial charge < -0.3 is 4.90 Å². The summed E-state index contributed by atoms with van der Waals surface area (Å²) in [4.78, 5) is 18.6. The summed E-state index contributed by atoms with van der Waals surface area (Å²) in [7, 11) is 0. The number of hydrogen-bond acceptors (Lipinski definition) is 3. The number of para-hydroxylation sites is 1. The number of rotatable bonds is 3. The maximum atomic E-state index is 12.2. The predicted molar refractivity (Wildman–Crippen MR) is 93.4 cm³/mol. The molecule has 0 bridgehead atoms. The second kappa shape index (κ2) is 6.05. The summed E-state index contributed by atoms with van der Waals surface area (Å²) < 4.78 is 0. The van der Waals surface area contributed by atoms with Crippen molar-refractivity contribution in [2.45, 2.75) is 30.6 Å². The average molecular weight is 312 g/mol. The van der Waals surface area contributed by atoms with Crippen LogP contribution in [0.25, 0.3) is 0 Å². The van der Waals surface area contributed by atoms with Gasteiger partial charge in [0.05, 0.1) is 11.4 Å². The van der Waals surface area contributed by atoms with Gasteiger partial charge in [0.1, 0.15) is 0 Å². The first kappa shape index (κ1) is 15.0. The van der Waals surface area contributed by atoms with E-state index in [1.165, 1.54) is 5.69 Å². The van der Waals surface area contributed by atoms with Crippen molar-refractivity contribution in [2.75, 3.05) is 22.9 Å². The van der Waals surface area contributed by atoms with E-state index in [9.17, 15) is 4.79 Å². The Morgan fingerprint density at radius 2 is 1.73 bits per heavy atom. The van der Waals surface area contributed by atoms with Gasteiger partial charge in [-0.25, -0.2) is 0 Å². The van der Waals surface area contributed by atoms with E-state index in [0.29, 0.717) is 0 Å². The van der Waals surface area contributed by atoms with Gasteiger partial charge in [0, 0.05) is 35.5 Å². The van der Waals surface area contributed by atoms with Crippen LogP contribution in [0.15, 0.2) is 52.3 Å². The molecule has 0 unspecified atom stereocenters. The molecule has 0 N–H and O–H groups in total. The predicted octanol–water partition coefficient (Wildman–Crippen LogP) is 4.68. The molecule has 1 aliphatic heterocycles. The number of amides is 1. The lowest BCUT2D eigenvalue weighted by Crippen LogP contribution is -2.26. The third-order valence-corrected chi connectivity index (χ3v) is 5.07. The molecule has 114 valence electrons. The molecule has 0 radical (unpaired) electrons. The molecule has 0 atom stereocenters. The number of carbonyl (C=O) groups is 1. The Morgan fingerprint density at radius 3 is 2.41 bits per heavy atom. The molecule has 1 heterocycles. The van der Waals surface area contributed by atoms with Gasteiger partial charge in [-0.3, -0.25) is 9.69 Å². The van der Waals surface area contributed by atoms with Crippen LogP contribution in [0.4, 0.5) is 17.1 Å². The molecule has 0 saturated carbocycles. The monoisotopic (exact) mass is 312 g/mol. The molecule has 4 heteroatoms. The van der Waals surface area contributed by atoms with Crippen molar-refractivity contribution < 1.29 is 4.79 Å². The lowest BCUT2D eigenvalue weighted by atomic mass is 10.2. The van der Waals surface area contributed by atoms with E-state index in [1.807, 2.05) is 23.1 Å². The Labute approximate surface area is 135 Å². The van der Waals surface area contributed by atoms with E-state index >= 15 is 0 Å². The van der Waals surface area contributed by atoms with Crippen molar-refractivity contribution >= 4 is 34.7 Å². The van der Waals surface area contributed by atoms with E-state index < -0.39 is 0 Å². The molecule has 0 fully saturated rings. The van der Waals surface area contributed by atoms with Crippen molar-refractivity contribution in [3.63, 3.8) is 0 Å². The maximum Gasteiger partial charge on any atom is 0.228 e. The van der Waals surface area contributed by atoms with Crippen LogP contribution in [0, 0.1) is 0 Å². The van der Waals surface area contributed by atoms with Gasteiger partial charge in [-0.1, -0.05) is 23.9 Å². The Balaban J connectivity index is 2.10. The molecule has 1 amide bonds. The average Bonchev–Trinajstić information content (AvgIpc) is 2.53. The number of benzene rings is 2. The van der Waals surface area contributed by atoms with Gasteiger partial charge in [-0.15, -0.1) is 0 Å². The summed E-state index contributed by atoms with van der Waals surface area (Å²) in [5.74, 6) is 0.0459. The third kappa shape index (κ3) is 2.48. The van der Waals surface area contributed by atoms with Crippen LogP contribution in [-0.2, 0) is 4.79 Å². The van der Waals surface area contributed by atoms with Gasteiger partial charge in [0.25, 0.3) is 0 Å². The van der Waals surface area contributed by atoms with Gasteiger partial charge in [-0.05, 0) is 44.2 Å². The minimum atomic E-state index is 0.0459. The molecular formula is C18H20N2OS. The molecule has 22 heavy (non-hydrogen) atoms. The van der Waals surface area contributed by atoms with Crippen LogP contribution < -0.4 is 9.80 Å². The molecule has 0 aliphatic carbocycles. The van der Waals surface area contributed by atoms with Crippen LogP contribution in [0.1, 0.15) is 20.8 Å². The van der Waals surface area contributed by atoms with Crippen LogP contribution in [0.5, 0.6) is 0 Å². The molecule has 3 nitrogen and oxygen atoms in total. The zero-order chi connectivity index (χ0) is 15.7. The lowest BCUT2D eigenvalue weighted by Gasteiger charge is -2.31. The molecule has 3 rings (SSSR count). The number of hydrogen-bond donors (Lipinski definition) is 0. The second-order valence-corrected chi connectivity index (χ2v) is 6.33. The SMILES string of the molecule is CCN(CC)c1ccc2c(c1)Sc1ccccc1N2C(C)=O. The Morgan fingerprint density at radius 1 is 1.05 bits per heavy atom. The fourth-order valence-electron chi connectivity index (χ4n) is 2.87. The minimum absolute atomic E-state index is 0.0459. The minimum Gasteiger partial charge on any atom is -0.372 e. The van der Waals surface area contributed by atoms with Crippen molar-refractivity contribution in [3.8, 4) is 0 Å². The summed E-state index contributed by atoms with van der Waals surface area (Å²) in [6.07, 6.45) is 0. The highest BCUT2D eigenvalue weighted by atomic mass is 32.2. The van der Waals surface area contributed by atoms with Crippen molar-refractivity contribution in [3.05, 3.63) is 42.5 Å². The number of carbonyl (C=O) groups excluding carboxylic acids is 1. The Bertz CT molecular complexity index is 710. The summed E-state index contributed by atoms with van der Waals surface area (Å²) >= 11 is 1.74. The fourth-order valence-corrected chi connectivity index (χ4v) is 3.96. The first-order valence-corrected chi connectivity index (χ1v) is 8.44. The summed E-state index contributed by atoms with van der Waals surface area (Å²) in [5, 5.41) is 0. The normalized spacial score (nSPS) is 12.6. The van der Waals surface area contributed by atoms with Gasteiger partial charge >= 0.3 is 0 Å². The molecule has 0 saturated heterocycles. The zero-order valence-electron chi connectivity index (χ0n) is 13.2.